The highest BCUT2D eigenvalue weighted by atomic mass is 16.3. The van der Waals surface area contributed by atoms with E-state index in [4.69, 9.17) is 0 Å². The summed E-state index contributed by atoms with van der Waals surface area (Å²) >= 11 is 0. The Morgan fingerprint density at radius 1 is 1.46 bits per heavy atom. The number of aliphatic hydroxyl groups is 1. The lowest BCUT2D eigenvalue weighted by molar-refractivity contribution is 0.263. The van der Waals surface area contributed by atoms with Crippen LogP contribution < -0.4 is 4.90 Å². The molecule has 0 bridgehead atoms. The van der Waals surface area contributed by atoms with Crippen molar-refractivity contribution in [3.63, 3.8) is 0 Å². The highest BCUT2D eigenvalue weighted by Crippen LogP contribution is 2.31. The van der Waals surface area contributed by atoms with Gasteiger partial charge in [0.25, 0.3) is 0 Å². The summed E-state index contributed by atoms with van der Waals surface area (Å²) in [7, 11) is 0. The van der Waals surface area contributed by atoms with E-state index in [0.29, 0.717) is 6.04 Å². The molecule has 1 heterocycles. The van der Waals surface area contributed by atoms with Crippen LogP contribution in [0, 0.1) is 0 Å². The molecule has 0 radical (unpaired) electrons. The van der Waals surface area contributed by atoms with Gasteiger partial charge in [-0.05, 0) is 25.0 Å². The number of benzene rings is 1. The number of nitrogens with zero attached hydrogens (tertiary/aromatic N) is 1. The summed E-state index contributed by atoms with van der Waals surface area (Å²) in [6, 6.07) is 8.69. The predicted molar refractivity (Wildman–Crippen MR) is 54.0 cm³/mol. The van der Waals surface area contributed by atoms with Crippen molar-refractivity contribution in [2.75, 3.05) is 18.1 Å². The van der Waals surface area contributed by atoms with Gasteiger partial charge >= 0.3 is 0 Å². The van der Waals surface area contributed by atoms with Crippen molar-refractivity contribution in [3.05, 3.63) is 29.8 Å². The van der Waals surface area contributed by atoms with E-state index in [2.05, 4.69) is 36.1 Å². The lowest BCUT2D eigenvalue weighted by Crippen LogP contribution is -2.34. The summed E-state index contributed by atoms with van der Waals surface area (Å²) in [4.78, 5) is 2.27. The Labute approximate surface area is 78.8 Å². The highest BCUT2D eigenvalue weighted by molar-refractivity contribution is 5.59. The van der Waals surface area contributed by atoms with Crippen molar-refractivity contribution in [2.45, 2.75) is 19.4 Å². The second-order valence-corrected chi connectivity index (χ2v) is 3.46. The van der Waals surface area contributed by atoms with Crippen LogP contribution >= 0.6 is 0 Å². The molecule has 1 N–H and O–H groups in total. The Balaban J connectivity index is 2.34. The number of likely N-dealkylation sites (N-methyl/N-ethyl adjacent to an activating group) is 1. The van der Waals surface area contributed by atoms with Crippen LogP contribution in [0.3, 0.4) is 0 Å². The minimum absolute atomic E-state index is 0.252. The van der Waals surface area contributed by atoms with Gasteiger partial charge in [0.05, 0.1) is 12.6 Å². The topological polar surface area (TPSA) is 23.5 Å². The Kier molecular flexibility index (Phi) is 2.23. The third kappa shape index (κ3) is 1.31. The van der Waals surface area contributed by atoms with Crippen LogP contribution in [0.1, 0.15) is 12.5 Å². The SMILES string of the molecule is CCN1c2ccccc2C[C@@H]1CO. The average molecular weight is 177 g/mol. The highest BCUT2D eigenvalue weighted by Gasteiger charge is 2.26. The molecule has 70 valence electrons. The van der Waals surface area contributed by atoms with Gasteiger partial charge < -0.3 is 10.0 Å². The summed E-state index contributed by atoms with van der Waals surface area (Å²) in [5.41, 5.74) is 2.66. The maximum atomic E-state index is 9.20. The lowest BCUT2D eigenvalue weighted by Gasteiger charge is -2.24. The van der Waals surface area contributed by atoms with Gasteiger partial charge in [-0.1, -0.05) is 18.2 Å². The van der Waals surface area contributed by atoms with Gasteiger partial charge in [0.15, 0.2) is 0 Å². The third-order valence-corrected chi connectivity index (χ3v) is 2.75. The number of anilines is 1. The zero-order chi connectivity index (χ0) is 9.26. The Bertz CT molecular complexity index is 298. The Morgan fingerprint density at radius 2 is 2.23 bits per heavy atom. The molecular weight excluding hydrogens is 162 g/mol. The Morgan fingerprint density at radius 3 is 2.92 bits per heavy atom. The van der Waals surface area contributed by atoms with Gasteiger partial charge in [0.2, 0.25) is 0 Å². The number of hydrogen-bond donors (Lipinski definition) is 1. The molecule has 2 nitrogen and oxygen atoms in total. The molecule has 0 amide bonds. The summed E-state index contributed by atoms with van der Waals surface area (Å²) in [5.74, 6) is 0. The summed E-state index contributed by atoms with van der Waals surface area (Å²) in [5, 5.41) is 9.20. The van der Waals surface area contributed by atoms with Crippen molar-refractivity contribution in [1.29, 1.82) is 0 Å². The van der Waals surface area contributed by atoms with Crippen LogP contribution in [0.2, 0.25) is 0 Å². The van der Waals surface area contributed by atoms with Gasteiger partial charge in [0, 0.05) is 12.2 Å². The first kappa shape index (κ1) is 8.57. The van der Waals surface area contributed by atoms with Crippen LogP contribution in [0.4, 0.5) is 5.69 Å². The number of aliphatic hydroxyl groups excluding tert-OH is 1. The molecule has 0 aromatic heterocycles. The maximum Gasteiger partial charge on any atom is 0.0638 e. The van der Waals surface area contributed by atoms with Gasteiger partial charge in [-0.15, -0.1) is 0 Å². The molecular formula is C11H15NO. The van der Waals surface area contributed by atoms with Crippen molar-refractivity contribution in [2.24, 2.45) is 0 Å². The lowest BCUT2D eigenvalue weighted by atomic mass is 10.1. The minimum Gasteiger partial charge on any atom is -0.394 e. The van der Waals surface area contributed by atoms with Crippen LogP contribution in [0.5, 0.6) is 0 Å². The van der Waals surface area contributed by atoms with Gasteiger partial charge in [-0.25, -0.2) is 0 Å². The fourth-order valence-corrected chi connectivity index (χ4v) is 2.12. The standard InChI is InChI=1S/C11H15NO/c1-2-12-10(8-13)7-9-5-3-4-6-11(9)12/h3-6,10,13H,2,7-8H2,1H3/t10-/m1/s1. The van der Waals surface area contributed by atoms with E-state index in [-0.39, 0.29) is 6.61 Å². The van der Waals surface area contributed by atoms with E-state index in [0.717, 1.165) is 13.0 Å². The van der Waals surface area contributed by atoms with Gasteiger partial charge in [-0.2, -0.15) is 0 Å². The molecule has 1 aliphatic heterocycles. The summed E-state index contributed by atoms with van der Waals surface area (Å²) < 4.78 is 0. The van der Waals surface area contributed by atoms with Crippen molar-refractivity contribution < 1.29 is 5.11 Å². The van der Waals surface area contributed by atoms with Crippen molar-refractivity contribution >= 4 is 5.69 Å². The second kappa shape index (κ2) is 3.38. The number of rotatable bonds is 2. The molecule has 1 atom stereocenters. The molecule has 0 fully saturated rings. The zero-order valence-corrected chi connectivity index (χ0v) is 7.90. The third-order valence-electron chi connectivity index (χ3n) is 2.75. The summed E-state index contributed by atoms with van der Waals surface area (Å²) in [6.45, 7) is 3.36. The molecule has 0 unspecified atom stereocenters. The van der Waals surface area contributed by atoms with Crippen LogP contribution in [-0.4, -0.2) is 24.3 Å². The fourth-order valence-electron chi connectivity index (χ4n) is 2.12. The zero-order valence-electron chi connectivity index (χ0n) is 7.90. The second-order valence-electron chi connectivity index (χ2n) is 3.46. The number of fused-ring (bicyclic) bond motifs is 1. The average Bonchev–Trinajstić information content (AvgIpc) is 2.55. The van der Waals surface area contributed by atoms with E-state index in [1.807, 2.05) is 0 Å². The maximum absolute atomic E-state index is 9.20. The van der Waals surface area contributed by atoms with Crippen molar-refractivity contribution in [1.82, 2.24) is 0 Å². The summed E-state index contributed by atoms with van der Waals surface area (Å²) in [6.07, 6.45) is 0.987. The van der Waals surface area contributed by atoms with Crippen molar-refractivity contribution in [3.8, 4) is 0 Å². The molecule has 2 rings (SSSR count). The fraction of sp³-hybridized carbons (Fsp3) is 0.455. The van der Waals surface area contributed by atoms with E-state index < -0.39 is 0 Å². The molecule has 2 heteroatoms. The largest absolute Gasteiger partial charge is 0.394 e. The minimum atomic E-state index is 0.252. The van der Waals surface area contributed by atoms with Crippen LogP contribution in [-0.2, 0) is 6.42 Å². The molecule has 1 aromatic rings. The molecule has 13 heavy (non-hydrogen) atoms. The molecule has 0 spiro atoms. The van der Waals surface area contributed by atoms with Crippen LogP contribution in [0.15, 0.2) is 24.3 Å². The molecule has 0 saturated heterocycles. The van der Waals surface area contributed by atoms with E-state index >= 15 is 0 Å². The molecule has 0 saturated carbocycles. The Hall–Kier alpha value is -1.02. The first-order chi connectivity index (χ1) is 6.36. The quantitative estimate of drug-likeness (QED) is 0.738. The van der Waals surface area contributed by atoms with Gasteiger partial charge in [0.1, 0.15) is 0 Å². The number of hydrogen-bond acceptors (Lipinski definition) is 2. The first-order valence-electron chi connectivity index (χ1n) is 4.82. The first-order valence-corrected chi connectivity index (χ1v) is 4.82. The van der Waals surface area contributed by atoms with Gasteiger partial charge in [-0.3, -0.25) is 0 Å². The van der Waals surface area contributed by atoms with E-state index in [1.165, 1.54) is 11.3 Å². The normalized spacial score (nSPS) is 20.5. The predicted octanol–water partition coefficient (Wildman–Crippen LogP) is 1.43. The van der Waals surface area contributed by atoms with E-state index in [1.54, 1.807) is 0 Å². The molecule has 0 aliphatic carbocycles. The van der Waals surface area contributed by atoms with E-state index in [9.17, 15) is 5.11 Å². The molecule has 1 aliphatic rings. The number of para-hydroxylation sites is 1. The monoisotopic (exact) mass is 177 g/mol. The van der Waals surface area contributed by atoms with Crippen LogP contribution in [0.25, 0.3) is 0 Å². The smallest absolute Gasteiger partial charge is 0.0638 e. The molecule has 1 aromatic carbocycles.